The number of piperidine rings is 1. The summed E-state index contributed by atoms with van der Waals surface area (Å²) in [5.41, 5.74) is 2.64. The Kier molecular flexibility index (Phi) is 8.73. The lowest BCUT2D eigenvalue weighted by Crippen LogP contribution is -2.45. The summed E-state index contributed by atoms with van der Waals surface area (Å²) in [4.78, 5) is 21.3. The van der Waals surface area contributed by atoms with E-state index in [1.807, 2.05) is 19.1 Å². The van der Waals surface area contributed by atoms with Crippen LogP contribution in [0.2, 0.25) is 5.02 Å². The molecule has 3 aromatic rings. The molecule has 5 rings (SSSR count). The molecule has 11 nitrogen and oxygen atoms in total. The average molecular weight is 656 g/mol. The van der Waals surface area contributed by atoms with Crippen LogP contribution in [0.25, 0.3) is 0 Å². The van der Waals surface area contributed by atoms with Gasteiger partial charge < -0.3 is 20.3 Å². The van der Waals surface area contributed by atoms with Crippen molar-refractivity contribution in [1.29, 1.82) is 0 Å². The van der Waals surface area contributed by atoms with E-state index in [0.717, 1.165) is 28.9 Å². The van der Waals surface area contributed by atoms with Gasteiger partial charge in [-0.25, -0.2) is 13.4 Å². The molecule has 2 fully saturated rings. The van der Waals surface area contributed by atoms with Crippen molar-refractivity contribution in [2.75, 3.05) is 23.7 Å². The fraction of sp³-hybridized carbons (Fsp3) is 0.500. The normalized spacial score (nSPS) is 16.3. The minimum atomic E-state index is -4.88. The van der Waals surface area contributed by atoms with Gasteiger partial charge in [0.25, 0.3) is 0 Å². The lowest BCUT2D eigenvalue weighted by atomic mass is 9.86. The number of benzene rings is 1. The van der Waals surface area contributed by atoms with E-state index in [-0.39, 0.29) is 52.6 Å². The second kappa shape index (κ2) is 12.1. The number of hydrogen-bond acceptors (Lipinski definition) is 9. The van der Waals surface area contributed by atoms with Crippen LogP contribution in [0.1, 0.15) is 56.6 Å². The van der Waals surface area contributed by atoms with Crippen LogP contribution in [0.5, 0.6) is 5.75 Å². The molecule has 2 N–H and O–H groups in total. The maximum atomic E-state index is 12.9. The zero-order valence-corrected chi connectivity index (χ0v) is 26.1. The van der Waals surface area contributed by atoms with Gasteiger partial charge in [0.2, 0.25) is 20.8 Å². The number of hydrogen-bond donors (Lipinski definition) is 2. The molecule has 2 aromatic heterocycles. The van der Waals surface area contributed by atoms with Crippen molar-refractivity contribution in [3.05, 3.63) is 40.7 Å². The minimum Gasteiger partial charge on any atom is -0.488 e. The molecule has 1 aromatic carbocycles. The standard InChI is InChI=1S/C28H33ClF3N7O4S/c1-15(2)44(41,42)25-22(14-38(4)37-25)34-24-20(29)13-33-27(36-24)35-21-11-16(3)19(12-23(21)43-18-5-6-18)17-7-9-39(10-8-17)26(40)28(30,31)32/h11-15,17-18H,5-10H2,1-4H3,(H2,33,34,35,36). The lowest BCUT2D eigenvalue weighted by Gasteiger charge is -2.33. The highest BCUT2D eigenvalue weighted by Crippen LogP contribution is 2.40. The summed E-state index contributed by atoms with van der Waals surface area (Å²) >= 11 is 6.38. The zero-order chi connectivity index (χ0) is 32.0. The molecule has 0 unspecified atom stereocenters. The van der Waals surface area contributed by atoms with E-state index in [0.29, 0.717) is 24.3 Å². The zero-order valence-electron chi connectivity index (χ0n) is 24.6. The topological polar surface area (TPSA) is 131 Å². The molecule has 0 bridgehead atoms. The summed E-state index contributed by atoms with van der Waals surface area (Å²) < 4.78 is 72.0. The number of anilines is 4. The molecule has 1 amide bonds. The number of nitrogens with zero attached hydrogens (tertiary/aromatic N) is 5. The largest absolute Gasteiger partial charge is 0.488 e. The fourth-order valence-electron chi connectivity index (χ4n) is 5.03. The maximum Gasteiger partial charge on any atom is 0.471 e. The number of carbonyl (C=O) groups excluding carboxylic acids is 1. The van der Waals surface area contributed by atoms with Crippen LogP contribution >= 0.6 is 11.6 Å². The monoisotopic (exact) mass is 655 g/mol. The van der Waals surface area contributed by atoms with Crippen molar-refractivity contribution in [1.82, 2.24) is 24.6 Å². The molecule has 1 saturated heterocycles. The van der Waals surface area contributed by atoms with E-state index in [2.05, 4.69) is 25.7 Å². The third-order valence-corrected chi connectivity index (χ3v) is 9.94. The SMILES string of the molecule is Cc1cc(Nc2ncc(Cl)c(Nc3cn(C)nc3S(=O)(=O)C(C)C)n2)c(OC2CC2)cc1C1CCN(C(=O)C(F)(F)F)CC1. The van der Waals surface area contributed by atoms with Gasteiger partial charge in [0.05, 0.1) is 28.9 Å². The van der Waals surface area contributed by atoms with Gasteiger partial charge in [-0.3, -0.25) is 9.48 Å². The van der Waals surface area contributed by atoms with Crippen LogP contribution in [0.3, 0.4) is 0 Å². The number of carbonyl (C=O) groups is 1. The van der Waals surface area contributed by atoms with Gasteiger partial charge in [0, 0.05) is 26.3 Å². The molecule has 1 aliphatic heterocycles. The molecule has 3 heterocycles. The Hall–Kier alpha value is -3.59. The number of amides is 1. The lowest BCUT2D eigenvalue weighted by molar-refractivity contribution is -0.186. The molecule has 1 aliphatic carbocycles. The van der Waals surface area contributed by atoms with E-state index in [1.54, 1.807) is 20.9 Å². The first-order valence-electron chi connectivity index (χ1n) is 14.1. The molecular weight excluding hydrogens is 623 g/mol. The predicted octanol–water partition coefficient (Wildman–Crippen LogP) is 5.65. The van der Waals surface area contributed by atoms with E-state index >= 15 is 0 Å². The van der Waals surface area contributed by atoms with E-state index < -0.39 is 27.2 Å². The number of sulfone groups is 1. The van der Waals surface area contributed by atoms with Gasteiger partial charge in [0.15, 0.2) is 5.82 Å². The highest BCUT2D eigenvalue weighted by molar-refractivity contribution is 7.92. The molecular formula is C28H33ClF3N7O4S. The number of halogens is 4. The molecule has 238 valence electrons. The van der Waals surface area contributed by atoms with E-state index in [1.165, 1.54) is 17.1 Å². The Morgan fingerprint density at radius 2 is 1.80 bits per heavy atom. The molecule has 16 heteroatoms. The maximum absolute atomic E-state index is 12.9. The highest BCUT2D eigenvalue weighted by Gasteiger charge is 2.43. The average Bonchev–Trinajstić information content (AvgIpc) is 3.69. The quantitative estimate of drug-likeness (QED) is 0.300. The second-order valence-electron chi connectivity index (χ2n) is 11.3. The predicted molar refractivity (Wildman–Crippen MR) is 159 cm³/mol. The number of nitrogens with one attached hydrogen (secondary N) is 2. The minimum absolute atomic E-state index is 0.0206. The number of aryl methyl sites for hydroxylation is 2. The fourth-order valence-corrected chi connectivity index (χ4v) is 6.27. The number of rotatable bonds is 9. The second-order valence-corrected chi connectivity index (χ2v) is 14.2. The summed E-state index contributed by atoms with van der Waals surface area (Å²) in [6, 6.07) is 3.77. The number of aromatic nitrogens is 4. The first kappa shape index (κ1) is 31.8. The van der Waals surface area contributed by atoms with Crippen molar-refractivity contribution in [3.63, 3.8) is 0 Å². The summed E-state index contributed by atoms with van der Waals surface area (Å²) in [7, 11) is -2.10. The Morgan fingerprint density at radius 3 is 2.41 bits per heavy atom. The Morgan fingerprint density at radius 1 is 1.11 bits per heavy atom. The van der Waals surface area contributed by atoms with Gasteiger partial charge in [-0.1, -0.05) is 11.6 Å². The van der Waals surface area contributed by atoms with E-state index in [9.17, 15) is 26.4 Å². The molecule has 44 heavy (non-hydrogen) atoms. The summed E-state index contributed by atoms with van der Waals surface area (Å²) in [6.07, 6.45) is 0.670. The van der Waals surface area contributed by atoms with Crippen LogP contribution in [-0.2, 0) is 21.7 Å². The van der Waals surface area contributed by atoms with Gasteiger partial charge in [-0.05, 0) is 75.6 Å². The Labute approximate surface area is 258 Å². The molecule has 2 aliphatic rings. The van der Waals surface area contributed by atoms with Crippen LogP contribution < -0.4 is 15.4 Å². The van der Waals surface area contributed by atoms with Crippen molar-refractivity contribution < 1.29 is 31.1 Å². The summed E-state index contributed by atoms with van der Waals surface area (Å²) in [5.74, 6) is -0.965. The van der Waals surface area contributed by atoms with Crippen molar-refractivity contribution in [3.8, 4) is 5.75 Å². The molecule has 0 radical (unpaired) electrons. The highest BCUT2D eigenvalue weighted by atomic mass is 35.5. The van der Waals surface area contributed by atoms with Gasteiger partial charge in [-0.15, -0.1) is 0 Å². The first-order chi connectivity index (χ1) is 20.6. The summed E-state index contributed by atoms with van der Waals surface area (Å²) in [5, 5.41) is 9.61. The molecule has 0 atom stereocenters. The van der Waals surface area contributed by atoms with Crippen molar-refractivity contribution in [2.45, 2.75) is 74.9 Å². The van der Waals surface area contributed by atoms with Gasteiger partial charge in [0.1, 0.15) is 10.8 Å². The smallest absolute Gasteiger partial charge is 0.471 e. The molecule has 1 saturated carbocycles. The van der Waals surface area contributed by atoms with Crippen LogP contribution in [-0.4, -0.2) is 69.6 Å². The third kappa shape index (κ3) is 6.88. The van der Waals surface area contributed by atoms with Crippen LogP contribution in [0.4, 0.5) is 36.3 Å². The Bertz CT molecular complexity index is 1670. The van der Waals surface area contributed by atoms with Crippen LogP contribution in [0, 0.1) is 6.92 Å². The number of alkyl halides is 3. The third-order valence-electron chi connectivity index (χ3n) is 7.58. The first-order valence-corrected chi connectivity index (χ1v) is 16.1. The molecule has 0 spiro atoms. The van der Waals surface area contributed by atoms with Gasteiger partial charge in [-0.2, -0.15) is 23.3 Å². The number of ether oxygens (including phenoxy) is 1. The van der Waals surface area contributed by atoms with Crippen LogP contribution in [0.15, 0.2) is 29.6 Å². The van der Waals surface area contributed by atoms with Gasteiger partial charge >= 0.3 is 12.1 Å². The number of likely N-dealkylation sites (tertiary alicyclic amines) is 1. The van der Waals surface area contributed by atoms with Crippen molar-refractivity contribution >= 4 is 50.5 Å². The van der Waals surface area contributed by atoms with Crippen molar-refractivity contribution in [2.24, 2.45) is 7.05 Å². The van der Waals surface area contributed by atoms with E-state index in [4.69, 9.17) is 16.3 Å². The Balaban J connectivity index is 1.39. The summed E-state index contributed by atoms with van der Waals surface area (Å²) in [6.45, 7) is 5.09.